The molecule has 0 fully saturated rings. The number of furan rings is 1. The second-order valence-electron chi connectivity index (χ2n) is 7.80. The van der Waals surface area contributed by atoms with E-state index in [1.165, 1.54) is 10.9 Å². The molecule has 0 saturated carbocycles. The summed E-state index contributed by atoms with van der Waals surface area (Å²) in [5.41, 5.74) is 2.40. The second kappa shape index (κ2) is 7.81. The van der Waals surface area contributed by atoms with E-state index >= 15 is 0 Å². The molecule has 4 aromatic rings. The average molecular weight is 472 g/mol. The zero-order chi connectivity index (χ0) is 23.3. The Labute approximate surface area is 191 Å². The molecule has 5 rings (SSSR count). The van der Waals surface area contributed by atoms with E-state index in [4.69, 9.17) is 16.0 Å². The van der Waals surface area contributed by atoms with E-state index in [0.29, 0.717) is 45.4 Å². The van der Waals surface area contributed by atoms with Crippen molar-refractivity contribution < 1.29 is 22.4 Å². The summed E-state index contributed by atoms with van der Waals surface area (Å²) < 4.78 is 47.8. The fourth-order valence-corrected chi connectivity index (χ4v) is 4.21. The van der Waals surface area contributed by atoms with Gasteiger partial charge in [0, 0.05) is 33.8 Å². The second-order valence-corrected chi connectivity index (χ2v) is 8.24. The highest BCUT2D eigenvalue weighted by molar-refractivity contribution is 6.31. The number of carbonyl (C=O) groups is 1. The van der Waals surface area contributed by atoms with Crippen molar-refractivity contribution in [1.29, 1.82) is 0 Å². The van der Waals surface area contributed by atoms with Gasteiger partial charge in [-0.2, -0.15) is 18.3 Å². The number of anilines is 1. The summed E-state index contributed by atoms with van der Waals surface area (Å²) in [5, 5.41) is 7.21. The molecule has 0 atom stereocenters. The summed E-state index contributed by atoms with van der Waals surface area (Å²) in [6.45, 7) is 1.85. The Morgan fingerprint density at radius 3 is 2.61 bits per heavy atom. The molecule has 1 aliphatic rings. The molecule has 1 aliphatic carbocycles. The van der Waals surface area contributed by atoms with Gasteiger partial charge in [-0.15, -0.1) is 0 Å². The molecule has 1 N–H and O–H groups in total. The van der Waals surface area contributed by atoms with Crippen LogP contribution in [-0.2, 0) is 19.0 Å². The van der Waals surface area contributed by atoms with E-state index < -0.39 is 11.9 Å². The lowest BCUT2D eigenvalue weighted by Gasteiger charge is -2.15. The van der Waals surface area contributed by atoms with Crippen molar-refractivity contribution in [2.45, 2.75) is 25.9 Å². The smallest absolute Gasteiger partial charge is 0.435 e. The molecule has 0 saturated heterocycles. The molecule has 0 spiro atoms. The van der Waals surface area contributed by atoms with Crippen molar-refractivity contribution in [2.24, 2.45) is 0 Å². The van der Waals surface area contributed by atoms with Crippen LogP contribution in [0.15, 0.2) is 59.2 Å². The van der Waals surface area contributed by atoms with Crippen LogP contribution in [0.2, 0.25) is 5.02 Å². The molecule has 2 heterocycles. The minimum absolute atomic E-state index is 0.148. The number of aromatic nitrogens is 2. The number of nitrogens with zero attached hydrogens (tertiary/aromatic N) is 2. The number of fused-ring (bicyclic) bond motifs is 3. The number of alkyl halides is 3. The monoisotopic (exact) mass is 471 g/mol. The van der Waals surface area contributed by atoms with E-state index in [2.05, 4.69) is 10.4 Å². The van der Waals surface area contributed by atoms with Gasteiger partial charge in [0.25, 0.3) is 5.91 Å². The van der Waals surface area contributed by atoms with Crippen molar-refractivity contribution in [1.82, 2.24) is 9.78 Å². The molecule has 2 aromatic heterocycles. The summed E-state index contributed by atoms with van der Waals surface area (Å²) in [6.07, 6.45) is -2.54. The first-order valence-corrected chi connectivity index (χ1v) is 10.5. The molecule has 5 nitrogen and oxygen atoms in total. The standard InChI is InChI=1S/C24H17ClF3N3O2/c1-13-2-5-15(25)12-19(13)29-23(32)14-3-6-16(7-4-14)31-21-17-10-11-33-20(17)9-8-18(21)22(30-31)24(26,27)28/h2-7,10-12H,8-9H2,1H3,(H,29,32). The lowest BCUT2D eigenvalue weighted by Crippen LogP contribution is -2.13. The number of carbonyl (C=O) groups excluding carboxylic acids is 1. The maximum absolute atomic E-state index is 13.7. The van der Waals surface area contributed by atoms with Crippen LogP contribution < -0.4 is 5.32 Å². The number of halogens is 4. The first-order chi connectivity index (χ1) is 15.7. The van der Waals surface area contributed by atoms with Gasteiger partial charge in [0.05, 0.1) is 17.6 Å². The van der Waals surface area contributed by atoms with Gasteiger partial charge in [0.2, 0.25) is 0 Å². The third-order valence-corrected chi connectivity index (χ3v) is 5.91. The van der Waals surface area contributed by atoms with E-state index in [9.17, 15) is 18.0 Å². The Balaban J connectivity index is 1.51. The molecule has 0 unspecified atom stereocenters. The van der Waals surface area contributed by atoms with Gasteiger partial charge in [-0.1, -0.05) is 17.7 Å². The normalized spacial score (nSPS) is 12.9. The number of amides is 1. The summed E-state index contributed by atoms with van der Waals surface area (Å²) >= 11 is 6.01. The zero-order valence-electron chi connectivity index (χ0n) is 17.3. The first-order valence-electron chi connectivity index (χ1n) is 10.2. The summed E-state index contributed by atoms with van der Waals surface area (Å²) in [7, 11) is 0. The van der Waals surface area contributed by atoms with Crippen LogP contribution in [0.25, 0.3) is 16.9 Å². The molecule has 33 heavy (non-hydrogen) atoms. The van der Waals surface area contributed by atoms with E-state index in [-0.39, 0.29) is 17.9 Å². The molecule has 0 radical (unpaired) electrons. The van der Waals surface area contributed by atoms with Crippen LogP contribution in [0.4, 0.5) is 18.9 Å². The predicted octanol–water partition coefficient (Wildman–Crippen LogP) is 6.46. The Bertz CT molecular complexity index is 1370. The van der Waals surface area contributed by atoms with Crippen molar-refractivity contribution >= 4 is 23.2 Å². The predicted molar refractivity (Wildman–Crippen MR) is 118 cm³/mol. The van der Waals surface area contributed by atoms with Gasteiger partial charge in [0.15, 0.2) is 5.69 Å². The Kier molecular flexibility index (Phi) is 5.05. The van der Waals surface area contributed by atoms with Gasteiger partial charge < -0.3 is 9.73 Å². The highest BCUT2D eigenvalue weighted by Crippen LogP contribution is 2.42. The molecule has 2 aromatic carbocycles. The number of aryl methyl sites for hydroxylation is 2. The lowest BCUT2D eigenvalue weighted by molar-refractivity contribution is -0.142. The van der Waals surface area contributed by atoms with Crippen LogP contribution in [0.1, 0.15) is 32.9 Å². The van der Waals surface area contributed by atoms with Crippen molar-refractivity contribution in [3.63, 3.8) is 0 Å². The summed E-state index contributed by atoms with van der Waals surface area (Å²) in [5.74, 6) is 0.271. The molecular formula is C24H17ClF3N3O2. The molecule has 9 heteroatoms. The highest BCUT2D eigenvalue weighted by Gasteiger charge is 2.41. The van der Waals surface area contributed by atoms with Gasteiger partial charge in [0.1, 0.15) is 5.76 Å². The number of benzene rings is 2. The maximum atomic E-state index is 13.7. The Morgan fingerprint density at radius 2 is 1.88 bits per heavy atom. The SMILES string of the molecule is Cc1ccc(Cl)cc1NC(=O)c1ccc(-n2nc(C(F)(F)F)c3c2-c2ccoc2CC3)cc1. The fourth-order valence-electron chi connectivity index (χ4n) is 4.04. The molecule has 1 amide bonds. The number of hydrogen-bond donors (Lipinski definition) is 1. The molecule has 0 aliphatic heterocycles. The van der Waals surface area contributed by atoms with Crippen LogP contribution in [0.3, 0.4) is 0 Å². The number of nitrogens with one attached hydrogen (secondary N) is 1. The van der Waals surface area contributed by atoms with Gasteiger partial charge in [-0.05, 0) is 61.4 Å². The topological polar surface area (TPSA) is 60.1 Å². The summed E-state index contributed by atoms with van der Waals surface area (Å²) in [4.78, 5) is 12.7. The van der Waals surface area contributed by atoms with Gasteiger partial charge in [-0.25, -0.2) is 4.68 Å². The Morgan fingerprint density at radius 1 is 1.12 bits per heavy atom. The third-order valence-electron chi connectivity index (χ3n) is 5.68. The van der Waals surface area contributed by atoms with Crippen molar-refractivity contribution in [3.05, 3.63) is 88.0 Å². The largest absolute Gasteiger partial charge is 0.469 e. The van der Waals surface area contributed by atoms with Gasteiger partial charge >= 0.3 is 6.18 Å². The van der Waals surface area contributed by atoms with Crippen LogP contribution in [0.5, 0.6) is 0 Å². The molecular weight excluding hydrogens is 455 g/mol. The maximum Gasteiger partial charge on any atom is 0.435 e. The van der Waals surface area contributed by atoms with Gasteiger partial charge in [-0.3, -0.25) is 4.79 Å². The minimum Gasteiger partial charge on any atom is -0.469 e. The van der Waals surface area contributed by atoms with Crippen LogP contribution >= 0.6 is 11.6 Å². The van der Waals surface area contributed by atoms with Crippen molar-refractivity contribution in [2.75, 3.05) is 5.32 Å². The van der Waals surface area contributed by atoms with E-state index in [0.717, 1.165) is 5.56 Å². The average Bonchev–Trinajstić information content (AvgIpc) is 3.40. The van der Waals surface area contributed by atoms with E-state index in [1.54, 1.807) is 48.5 Å². The summed E-state index contributed by atoms with van der Waals surface area (Å²) in [6, 6.07) is 13.1. The van der Waals surface area contributed by atoms with Crippen molar-refractivity contribution in [3.8, 4) is 16.9 Å². The fraction of sp³-hybridized carbons (Fsp3) is 0.167. The zero-order valence-corrected chi connectivity index (χ0v) is 18.1. The molecule has 0 bridgehead atoms. The van der Waals surface area contributed by atoms with Crippen LogP contribution in [0, 0.1) is 6.92 Å². The van der Waals surface area contributed by atoms with E-state index in [1.807, 2.05) is 6.92 Å². The Hall–Kier alpha value is -3.52. The molecule has 168 valence electrons. The quantitative estimate of drug-likeness (QED) is 0.373. The lowest BCUT2D eigenvalue weighted by atomic mass is 9.94. The number of rotatable bonds is 3. The third kappa shape index (κ3) is 3.80. The van der Waals surface area contributed by atoms with Crippen LogP contribution in [-0.4, -0.2) is 15.7 Å². The number of hydrogen-bond acceptors (Lipinski definition) is 3. The minimum atomic E-state index is -4.58. The highest BCUT2D eigenvalue weighted by atomic mass is 35.5. The first kappa shape index (κ1) is 21.3.